The molecule has 0 radical (unpaired) electrons. The van der Waals surface area contributed by atoms with Crippen LogP contribution in [0.3, 0.4) is 0 Å². The van der Waals surface area contributed by atoms with Crippen molar-refractivity contribution in [3.05, 3.63) is 0 Å². The van der Waals surface area contributed by atoms with Gasteiger partial charge in [-0.2, -0.15) is 0 Å². The summed E-state index contributed by atoms with van der Waals surface area (Å²) >= 11 is 0. The van der Waals surface area contributed by atoms with Crippen molar-refractivity contribution in [3.63, 3.8) is 0 Å². The summed E-state index contributed by atoms with van der Waals surface area (Å²) in [6, 6.07) is 0. The van der Waals surface area contributed by atoms with Crippen LogP contribution in [0.15, 0.2) is 0 Å². The largest absolute Gasteiger partial charge is 0.316 e. The quantitative estimate of drug-likeness (QED) is 0.701. The standard InChI is InChI=1S/C14H30N2/c1-13(2)12-15-8-5-10-16-9-4-6-14(3)7-11-16/h13-15H,4-12H2,1-3H3. The molecule has 2 heteroatoms. The minimum atomic E-state index is 0.777. The van der Waals surface area contributed by atoms with Crippen LogP contribution in [-0.4, -0.2) is 37.6 Å². The van der Waals surface area contributed by atoms with Crippen LogP contribution in [0.1, 0.15) is 46.5 Å². The highest BCUT2D eigenvalue weighted by Gasteiger charge is 2.12. The highest BCUT2D eigenvalue weighted by molar-refractivity contribution is 4.67. The second kappa shape index (κ2) is 8.08. The second-order valence-corrected chi connectivity index (χ2v) is 5.83. The van der Waals surface area contributed by atoms with Crippen molar-refractivity contribution in [1.29, 1.82) is 0 Å². The fourth-order valence-corrected chi connectivity index (χ4v) is 2.36. The minimum absolute atomic E-state index is 0.777. The van der Waals surface area contributed by atoms with Gasteiger partial charge in [0.25, 0.3) is 0 Å². The highest BCUT2D eigenvalue weighted by Crippen LogP contribution is 2.16. The Hall–Kier alpha value is -0.0800. The summed E-state index contributed by atoms with van der Waals surface area (Å²) < 4.78 is 0. The zero-order valence-corrected chi connectivity index (χ0v) is 11.5. The van der Waals surface area contributed by atoms with Crippen LogP contribution in [0.5, 0.6) is 0 Å². The van der Waals surface area contributed by atoms with Crippen LogP contribution >= 0.6 is 0 Å². The third-order valence-electron chi connectivity index (χ3n) is 3.49. The Balaban J connectivity index is 1.99. The van der Waals surface area contributed by atoms with E-state index < -0.39 is 0 Å². The molecule has 1 rings (SSSR count). The molecule has 1 aliphatic heterocycles. The molecule has 0 aromatic heterocycles. The number of hydrogen-bond acceptors (Lipinski definition) is 2. The summed E-state index contributed by atoms with van der Waals surface area (Å²) in [4.78, 5) is 2.65. The fraction of sp³-hybridized carbons (Fsp3) is 1.00. The van der Waals surface area contributed by atoms with E-state index in [-0.39, 0.29) is 0 Å². The predicted molar refractivity (Wildman–Crippen MR) is 71.8 cm³/mol. The van der Waals surface area contributed by atoms with Gasteiger partial charge in [-0.3, -0.25) is 0 Å². The zero-order valence-electron chi connectivity index (χ0n) is 11.5. The van der Waals surface area contributed by atoms with Crippen LogP contribution in [0.25, 0.3) is 0 Å². The summed E-state index contributed by atoms with van der Waals surface area (Å²) in [5.41, 5.74) is 0. The smallest absolute Gasteiger partial charge is 0.000664 e. The Labute approximate surface area is 102 Å². The SMILES string of the molecule is CC(C)CNCCCN1CCCC(C)CC1. The Morgan fingerprint density at radius 2 is 2.06 bits per heavy atom. The number of nitrogens with zero attached hydrogens (tertiary/aromatic N) is 1. The first-order valence-electron chi connectivity index (χ1n) is 7.11. The van der Waals surface area contributed by atoms with Crippen LogP contribution in [0.2, 0.25) is 0 Å². The lowest BCUT2D eigenvalue weighted by atomic mass is 10.0. The minimum Gasteiger partial charge on any atom is -0.316 e. The van der Waals surface area contributed by atoms with Gasteiger partial charge in [0.1, 0.15) is 0 Å². The van der Waals surface area contributed by atoms with Gasteiger partial charge in [-0.1, -0.05) is 20.8 Å². The first kappa shape index (κ1) is 14.0. The molecular weight excluding hydrogens is 196 g/mol. The second-order valence-electron chi connectivity index (χ2n) is 5.83. The van der Waals surface area contributed by atoms with Gasteiger partial charge in [-0.25, -0.2) is 0 Å². The first-order valence-corrected chi connectivity index (χ1v) is 7.11. The molecule has 1 N–H and O–H groups in total. The van der Waals surface area contributed by atoms with Crippen molar-refractivity contribution in [2.45, 2.75) is 46.5 Å². The highest BCUT2D eigenvalue weighted by atomic mass is 15.1. The summed E-state index contributed by atoms with van der Waals surface area (Å²) in [6.07, 6.45) is 5.54. The van der Waals surface area contributed by atoms with E-state index in [1.54, 1.807) is 0 Å². The van der Waals surface area contributed by atoms with E-state index in [1.165, 1.54) is 51.9 Å². The van der Waals surface area contributed by atoms with Gasteiger partial charge < -0.3 is 10.2 Å². The molecule has 16 heavy (non-hydrogen) atoms. The van der Waals surface area contributed by atoms with E-state index in [1.807, 2.05) is 0 Å². The van der Waals surface area contributed by atoms with E-state index in [0.29, 0.717) is 0 Å². The van der Waals surface area contributed by atoms with Crippen LogP contribution in [0.4, 0.5) is 0 Å². The lowest BCUT2D eigenvalue weighted by molar-refractivity contribution is 0.276. The Bertz CT molecular complexity index is 168. The zero-order chi connectivity index (χ0) is 11.8. The van der Waals surface area contributed by atoms with Gasteiger partial charge in [-0.05, 0) is 70.2 Å². The molecular formula is C14H30N2. The molecule has 2 nitrogen and oxygen atoms in total. The molecule has 1 saturated heterocycles. The van der Waals surface area contributed by atoms with Crippen LogP contribution in [0, 0.1) is 11.8 Å². The Morgan fingerprint density at radius 1 is 1.25 bits per heavy atom. The maximum atomic E-state index is 3.52. The van der Waals surface area contributed by atoms with Gasteiger partial charge in [-0.15, -0.1) is 0 Å². The van der Waals surface area contributed by atoms with Gasteiger partial charge in [0.15, 0.2) is 0 Å². The van der Waals surface area contributed by atoms with Crippen molar-refractivity contribution in [3.8, 4) is 0 Å². The lowest BCUT2D eigenvalue weighted by Crippen LogP contribution is -2.29. The molecule has 1 heterocycles. The topological polar surface area (TPSA) is 15.3 Å². The molecule has 1 fully saturated rings. The maximum absolute atomic E-state index is 3.52. The van der Waals surface area contributed by atoms with Crippen molar-refractivity contribution in [2.75, 3.05) is 32.7 Å². The molecule has 0 aromatic rings. The van der Waals surface area contributed by atoms with E-state index in [4.69, 9.17) is 0 Å². The predicted octanol–water partition coefficient (Wildman–Crippen LogP) is 2.74. The summed E-state index contributed by atoms with van der Waals surface area (Å²) in [7, 11) is 0. The van der Waals surface area contributed by atoms with Crippen molar-refractivity contribution < 1.29 is 0 Å². The van der Waals surface area contributed by atoms with E-state index >= 15 is 0 Å². The Morgan fingerprint density at radius 3 is 2.81 bits per heavy atom. The summed E-state index contributed by atoms with van der Waals surface area (Å²) in [5.74, 6) is 1.73. The molecule has 0 aliphatic carbocycles. The fourth-order valence-electron chi connectivity index (χ4n) is 2.36. The molecule has 1 atom stereocenters. The number of likely N-dealkylation sites (tertiary alicyclic amines) is 1. The van der Waals surface area contributed by atoms with Gasteiger partial charge in [0.05, 0.1) is 0 Å². The molecule has 0 bridgehead atoms. The molecule has 0 aromatic carbocycles. The van der Waals surface area contributed by atoms with Crippen molar-refractivity contribution >= 4 is 0 Å². The summed E-state index contributed by atoms with van der Waals surface area (Å²) in [5, 5.41) is 3.52. The van der Waals surface area contributed by atoms with Gasteiger partial charge >= 0.3 is 0 Å². The van der Waals surface area contributed by atoms with Crippen molar-refractivity contribution in [2.24, 2.45) is 11.8 Å². The van der Waals surface area contributed by atoms with Crippen LogP contribution < -0.4 is 5.32 Å². The van der Waals surface area contributed by atoms with Gasteiger partial charge in [0.2, 0.25) is 0 Å². The first-order chi connectivity index (χ1) is 7.68. The van der Waals surface area contributed by atoms with E-state index in [0.717, 1.165) is 18.4 Å². The number of nitrogens with one attached hydrogen (secondary N) is 1. The average molecular weight is 226 g/mol. The van der Waals surface area contributed by atoms with Gasteiger partial charge in [0, 0.05) is 0 Å². The monoisotopic (exact) mass is 226 g/mol. The number of rotatable bonds is 6. The summed E-state index contributed by atoms with van der Waals surface area (Å²) in [6.45, 7) is 13.2. The normalized spacial score (nSPS) is 23.6. The third-order valence-corrected chi connectivity index (χ3v) is 3.49. The molecule has 96 valence electrons. The lowest BCUT2D eigenvalue weighted by Gasteiger charge is -2.20. The van der Waals surface area contributed by atoms with E-state index in [9.17, 15) is 0 Å². The molecule has 0 amide bonds. The van der Waals surface area contributed by atoms with E-state index in [2.05, 4.69) is 31.0 Å². The maximum Gasteiger partial charge on any atom is -0.000664 e. The Kier molecular flexibility index (Phi) is 7.06. The number of hydrogen-bond donors (Lipinski definition) is 1. The average Bonchev–Trinajstić information content (AvgIpc) is 2.43. The van der Waals surface area contributed by atoms with Crippen LogP contribution in [-0.2, 0) is 0 Å². The third kappa shape index (κ3) is 6.49. The molecule has 0 saturated carbocycles. The molecule has 0 spiro atoms. The van der Waals surface area contributed by atoms with Crippen molar-refractivity contribution in [1.82, 2.24) is 10.2 Å². The molecule has 1 aliphatic rings. The molecule has 1 unspecified atom stereocenters.